The van der Waals surface area contributed by atoms with Crippen molar-refractivity contribution in [3.63, 3.8) is 0 Å². The lowest BCUT2D eigenvalue weighted by molar-refractivity contribution is 0.753. The van der Waals surface area contributed by atoms with Crippen molar-refractivity contribution in [1.82, 2.24) is 9.97 Å². The third kappa shape index (κ3) is 4.80. The molecule has 128 valence electrons. The summed E-state index contributed by atoms with van der Waals surface area (Å²) in [5.41, 5.74) is 3.22. The summed E-state index contributed by atoms with van der Waals surface area (Å²) >= 11 is 0. The van der Waals surface area contributed by atoms with E-state index >= 15 is 0 Å². The maximum Gasteiger partial charge on any atom is 0.225 e. The molecule has 0 radical (unpaired) electrons. The van der Waals surface area contributed by atoms with Crippen molar-refractivity contribution in [2.24, 2.45) is 0 Å². The Morgan fingerprint density at radius 1 is 0.920 bits per heavy atom. The normalized spacial score (nSPS) is 11.8. The minimum absolute atomic E-state index is 0.327. The predicted octanol–water partition coefficient (Wildman–Crippen LogP) is 4.97. The topological polar surface area (TPSA) is 49.8 Å². The summed E-state index contributed by atoms with van der Waals surface area (Å²) in [7, 11) is 0. The predicted molar refractivity (Wildman–Crippen MR) is 105 cm³/mol. The van der Waals surface area contributed by atoms with E-state index in [0.29, 0.717) is 12.0 Å². The van der Waals surface area contributed by atoms with Gasteiger partial charge >= 0.3 is 0 Å². The average Bonchev–Trinajstić information content (AvgIpc) is 2.67. The van der Waals surface area contributed by atoms with E-state index in [-0.39, 0.29) is 0 Å². The molecule has 1 aromatic heterocycles. The molecule has 3 aromatic rings. The van der Waals surface area contributed by atoms with Crippen molar-refractivity contribution in [3.05, 3.63) is 72.3 Å². The monoisotopic (exact) mass is 332 g/mol. The lowest BCUT2D eigenvalue weighted by Gasteiger charge is -2.14. The Bertz CT molecular complexity index is 788. The van der Waals surface area contributed by atoms with E-state index in [4.69, 9.17) is 0 Å². The molecule has 0 aliphatic heterocycles. The van der Waals surface area contributed by atoms with Crippen molar-refractivity contribution in [2.45, 2.75) is 32.9 Å². The van der Waals surface area contributed by atoms with E-state index in [9.17, 15) is 0 Å². The van der Waals surface area contributed by atoms with Crippen LogP contribution < -0.4 is 10.6 Å². The molecule has 0 aliphatic rings. The molecule has 0 spiro atoms. The summed E-state index contributed by atoms with van der Waals surface area (Å²) in [6, 6.07) is 22.8. The Balaban J connectivity index is 1.86. The Labute approximate surface area is 149 Å². The highest BCUT2D eigenvalue weighted by atomic mass is 15.2. The fraction of sp³-hybridized carbons (Fsp3) is 0.238. The van der Waals surface area contributed by atoms with Gasteiger partial charge in [-0.05, 0) is 18.9 Å². The van der Waals surface area contributed by atoms with Gasteiger partial charge in [-0.25, -0.2) is 4.98 Å². The van der Waals surface area contributed by atoms with Crippen molar-refractivity contribution in [2.75, 3.05) is 10.6 Å². The van der Waals surface area contributed by atoms with E-state index in [0.717, 1.165) is 30.0 Å². The van der Waals surface area contributed by atoms with Gasteiger partial charge in [0.25, 0.3) is 0 Å². The van der Waals surface area contributed by atoms with Crippen molar-refractivity contribution in [3.8, 4) is 11.3 Å². The Hall–Kier alpha value is -2.88. The molecule has 0 amide bonds. The highest BCUT2D eigenvalue weighted by molar-refractivity contribution is 5.64. The first-order valence-electron chi connectivity index (χ1n) is 8.73. The van der Waals surface area contributed by atoms with Gasteiger partial charge in [0.05, 0.1) is 5.69 Å². The largest absolute Gasteiger partial charge is 0.366 e. The standard InChI is InChI=1S/C21H24N4/c1-3-16(2)23-21-24-19(18-12-8-5-9-13-18)14-20(25-21)22-15-17-10-6-4-7-11-17/h4-14,16H,3,15H2,1-2H3,(H2,22,23,24,25). The summed E-state index contributed by atoms with van der Waals surface area (Å²) in [5.74, 6) is 1.48. The first-order chi connectivity index (χ1) is 12.2. The van der Waals surface area contributed by atoms with Gasteiger partial charge in [0.1, 0.15) is 5.82 Å². The lowest BCUT2D eigenvalue weighted by Crippen LogP contribution is -2.16. The van der Waals surface area contributed by atoms with Gasteiger partial charge in [0.2, 0.25) is 5.95 Å². The van der Waals surface area contributed by atoms with Gasteiger partial charge < -0.3 is 10.6 Å². The third-order valence-electron chi connectivity index (χ3n) is 4.10. The van der Waals surface area contributed by atoms with E-state index in [1.807, 2.05) is 42.5 Å². The molecule has 2 aromatic carbocycles. The van der Waals surface area contributed by atoms with Gasteiger partial charge in [0.15, 0.2) is 0 Å². The van der Waals surface area contributed by atoms with Crippen molar-refractivity contribution < 1.29 is 0 Å². The van der Waals surface area contributed by atoms with Crippen LogP contribution >= 0.6 is 0 Å². The fourth-order valence-electron chi connectivity index (χ4n) is 2.47. The van der Waals surface area contributed by atoms with Gasteiger partial charge in [-0.2, -0.15) is 4.98 Å². The van der Waals surface area contributed by atoms with E-state index in [2.05, 4.69) is 58.7 Å². The Morgan fingerprint density at radius 2 is 1.60 bits per heavy atom. The second-order valence-electron chi connectivity index (χ2n) is 6.12. The Kier molecular flexibility index (Phi) is 5.62. The van der Waals surface area contributed by atoms with Gasteiger partial charge in [0, 0.05) is 24.2 Å². The summed E-state index contributed by atoms with van der Waals surface area (Å²) < 4.78 is 0. The molecule has 0 saturated heterocycles. The van der Waals surface area contributed by atoms with Gasteiger partial charge in [-0.3, -0.25) is 0 Å². The lowest BCUT2D eigenvalue weighted by atomic mass is 10.1. The zero-order chi connectivity index (χ0) is 17.5. The number of nitrogens with zero attached hydrogens (tertiary/aromatic N) is 2. The van der Waals surface area contributed by atoms with Crippen LogP contribution in [0.15, 0.2) is 66.7 Å². The van der Waals surface area contributed by atoms with E-state index < -0.39 is 0 Å². The number of nitrogens with one attached hydrogen (secondary N) is 2. The molecule has 0 bridgehead atoms. The molecule has 25 heavy (non-hydrogen) atoms. The molecular weight excluding hydrogens is 308 g/mol. The molecule has 0 fully saturated rings. The number of rotatable bonds is 7. The molecule has 2 N–H and O–H groups in total. The summed E-state index contributed by atoms with van der Waals surface area (Å²) in [6.07, 6.45) is 1.02. The number of hydrogen-bond acceptors (Lipinski definition) is 4. The molecule has 1 atom stereocenters. The minimum Gasteiger partial charge on any atom is -0.366 e. The van der Waals surface area contributed by atoms with Crippen molar-refractivity contribution in [1.29, 1.82) is 0 Å². The van der Waals surface area contributed by atoms with Gasteiger partial charge in [-0.1, -0.05) is 67.6 Å². The van der Waals surface area contributed by atoms with Crippen LogP contribution in [-0.4, -0.2) is 16.0 Å². The molecule has 0 aliphatic carbocycles. The number of anilines is 2. The van der Waals surface area contributed by atoms with Crippen LogP contribution in [0.25, 0.3) is 11.3 Å². The van der Waals surface area contributed by atoms with Crippen LogP contribution in [0.1, 0.15) is 25.8 Å². The quantitative estimate of drug-likeness (QED) is 0.641. The summed E-state index contributed by atoms with van der Waals surface area (Å²) in [6.45, 7) is 5.01. The molecule has 4 heteroatoms. The minimum atomic E-state index is 0.327. The Morgan fingerprint density at radius 3 is 2.28 bits per heavy atom. The highest BCUT2D eigenvalue weighted by Gasteiger charge is 2.08. The second kappa shape index (κ2) is 8.29. The number of aromatic nitrogens is 2. The molecular formula is C21H24N4. The second-order valence-corrected chi connectivity index (χ2v) is 6.12. The zero-order valence-electron chi connectivity index (χ0n) is 14.7. The number of benzene rings is 2. The molecule has 3 rings (SSSR count). The number of hydrogen-bond donors (Lipinski definition) is 2. The maximum atomic E-state index is 4.68. The summed E-state index contributed by atoms with van der Waals surface area (Å²) in [5, 5.41) is 6.79. The van der Waals surface area contributed by atoms with E-state index in [1.54, 1.807) is 0 Å². The van der Waals surface area contributed by atoms with E-state index in [1.165, 1.54) is 5.56 Å². The van der Waals surface area contributed by atoms with Crippen LogP contribution in [0, 0.1) is 0 Å². The average molecular weight is 332 g/mol. The first kappa shape index (κ1) is 17.0. The van der Waals surface area contributed by atoms with Gasteiger partial charge in [-0.15, -0.1) is 0 Å². The first-order valence-corrected chi connectivity index (χ1v) is 8.73. The molecule has 0 saturated carbocycles. The SMILES string of the molecule is CCC(C)Nc1nc(NCc2ccccc2)cc(-c2ccccc2)n1. The van der Waals surface area contributed by atoms with Crippen LogP contribution in [0.5, 0.6) is 0 Å². The summed E-state index contributed by atoms with van der Waals surface area (Å²) in [4.78, 5) is 9.31. The van der Waals surface area contributed by atoms with Crippen molar-refractivity contribution >= 4 is 11.8 Å². The maximum absolute atomic E-state index is 4.68. The smallest absolute Gasteiger partial charge is 0.225 e. The van der Waals surface area contributed by atoms with Crippen LogP contribution in [0.3, 0.4) is 0 Å². The third-order valence-corrected chi connectivity index (χ3v) is 4.10. The highest BCUT2D eigenvalue weighted by Crippen LogP contribution is 2.22. The van der Waals surface area contributed by atoms with Crippen LogP contribution in [0.2, 0.25) is 0 Å². The van der Waals surface area contributed by atoms with Crippen LogP contribution in [-0.2, 0) is 6.54 Å². The molecule has 1 heterocycles. The zero-order valence-corrected chi connectivity index (χ0v) is 14.7. The fourth-order valence-corrected chi connectivity index (χ4v) is 2.47. The molecule has 4 nitrogen and oxygen atoms in total. The molecule has 1 unspecified atom stereocenters. The van der Waals surface area contributed by atoms with Crippen LogP contribution in [0.4, 0.5) is 11.8 Å².